The molecular weight excluding hydrogens is 927 g/mol. The summed E-state index contributed by atoms with van der Waals surface area (Å²) >= 11 is -5.22. The second kappa shape index (κ2) is 16.4. The number of aryl methyl sites for hydroxylation is 4. The van der Waals surface area contributed by atoms with Crippen LogP contribution in [-0.4, -0.2) is 12.5 Å². The van der Waals surface area contributed by atoms with Gasteiger partial charge < -0.3 is 0 Å². The normalized spacial score (nSPS) is 18.6. The molecule has 0 N–H and O–H groups in total. The molecule has 0 aliphatic heterocycles. The molecule has 0 aromatic heterocycles. The summed E-state index contributed by atoms with van der Waals surface area (Å²) in [6, 6.07) is 26.7. The van der Waals surface area contributed by atoms with Crippen LogP contribution in [0.1, 0.15) is 174 Å². The van der Waals surface area contributed by atoms with Gasteiger partial charge in [0.15, 0.2) is 0 Å². The zero-order valence-corrected chi connectivity index (χ0v) is 47.8. The van der Waals surface area contributed by atoms with Crippen molar-refractivity contribution < 1.29 is 19.7 Å². The van der Waals surface area contributed by atoms with E-state index in [1.54, 1.807) is 0 Å². The van der Waals surface area contributed by atoms with E-state index in [2.05, 4.69) is 196 Å². The Bertz CT molecular complexity index is 2890. The first-order chi connectivity index (χ1) is 30.0. The number of fused-ring (bicyclic) bond motifs is 3. The van der Waals surface area contributed by atoms with Gasteiger partial charge in [-0.05, 0) is 0 Å². The van der Waals surface area contributed by atoms with E-state index in [-0.39, 0.29) is 23.5 Å². The number of hydrogen-bond donors (Lipinski definition) is 0. The molecule has 0 radical (unpaired) electrons. The minimum absolute atomic E-state index is 0.0336. The molecule has 3 unspecified atom stereocenters. The average Bonchev–Trinajstić information content (AvgIpc) is 3.86. The van der Waals surface area contributed by atoms with Gasteiger partial charge in [-0.25, -0.2) is 0 Å². The number of benzene rings is 5. The van der Waals surface area contributed by atoms with E-state index in [0.29, 0.717) is 5.92 Å². The van der Waals surface area contributed by atoms with Gasteiger partial charge in [0, 0.05) is 0 Å². The Balaban J connectivity index is 1.45. The molecule has 3 aliphatic carbocycles. The number of ether oxygens (including phenoxy) is 1. The topological polar surface area (TPSA) is 9.23 Å². The molecule has 0 spiro atoms. The Kier molecular flexibility index (Phi) is 12.2. The predicted octanol–water partition coefficient (Wildman–Crippen LogP) is 18.1. The Hall–Kier alpha value is -2.94. The van der Waals surface area contributed by atoms with Gasteiger partial charge in [0.05, 0.1) is 0 Å². The molecule has 0 heterocycles. The van der Waals surface area contributed by atoms with Crippen LogP contribution in [-0.2, 0) is 37.7 Å². The summed E-state index contributed by atoms with van der Waals surface area (Å²) in [7, 11) is 20.1. The number of methoxy groups -OCH3 is 1. The van der Waals surface area contributed by atoms with E-state index in [9.17, 15) is 0 Å². The monoisotopic (exact) mass is 998 g/mol. The van der Waals surface area contributed by atoms with Crippen molar-refractivity contribution >= 4 is 34.6 Å². The van der Waals surface area contributed by atoms with Gasteiger partial charge in [0.1, 0.15) is 0 Å². The van der Waals surface area contributed by atoms with Crippen LogP contribution in [0.4, 0.5) is 0 Å². The van der Waals surface area contributed by atoms with Crippen molar-refractivity contribution in [2.24, 2.45) is 0 Å². The van der Waals surface area contributed by atoms with Crippen LogP contribution in [0.25, 0.3) is 34.4 Å². The molecule has 3 atom stereocenters. The summed E-state index contributed by atoms with van der Waals surface area (Å²) in [5.41, 5.74) is 24.9. The van der Waals surface area contributed by atoms with Crippen LogP contribution in [0.3, 0.4) is 0 Å². The second-order valence-electron chi connectivity index (χ2n) is 23.9. The summed E-state index contributed by atoms with van der Waals surface area (Å²) in [5, 5.41) is 0. The summed E-state index contributed by atoms with van der Waals surface area (Å²) in [6.45, 7) is 39.5. The van der Waals surface area contributed by atoms with Gasteiger partial charge in [-0.2, -0.15) is 0 Å². The quantitative estimate of drug-likeness (QED) is 0.154. The van der Waals surface area contributed by atoms with Gasteiger partial charge in [-0.15, -0.1) is 0 Å². The first-order valence-corrected chi connectivity index (χ1v) is 39.4. The summed E-state index contributed by atoms with van der Waals surface area (Å²) < 4.78 is 6.52. The van der Waals surface area contributed by atoms with Crippen LogP contribution in [0.2, 0.25) is 13.1 Å². The van der Waals surface area contributed by atoms with Crippen LogP contribution in [0.15, 0.2) is 77.9 Å². The number of allylic oxidation sites excluding steroid dienone is 2. The van der Waals surface area contributed by atoms with E-state index in [1.807, 2.05) is 7.11 Å². The first-order valence-electron chi connectivity index (χ1n) is 24.1. The fourth-order valence-corrected chi connectivity index (χ4v) is 42.6. The molecule has 0 fully saturated rings. The third kappa shape index (κ3) is 8.11. The molecular formula is C60H74Cl2OSiZr. The van der Waals surface area contributed by atoms with Crippen molar-refractivity contribution in [3.05, 3.63) is 156 Å². The zero-order chi connectivity index (χ0) is 47.7. The van der Waals surface area contributed by atoms with Crippen molar-refractivity contribution in [3.63, 3.8) is 0 Å². The molecule has 5 aromatic rings. The van der Waals surface area contributed by atoms with Gasteiger partial charge in [-0.3, -0.25) is 0 Å². The maximum atomic E-state index is 9.10. The van der Waals surface area contributed by atoms with Gasteiger partial charge >= 0.3 is 404 Å². The van der Waals surface area contributed by atoms with Crippen LogP contribution in [0.5, 0.6) is 5.75 Å². The van der Waals surface area contributed by atoms with E-state index < -0.39 is 20.4 Å². The number of hydrogen-bond acceptors (Lipinski definition) is 1. The third-order valence-corrected chi connectivity index (χ3v) is 62.3. The third-order valence-electron chi connectivity index (χ3n) is 15.4. The van der Waals surface area contributed by atoms with Crippen molar-refractivity contribution in [3.8, 4) is 28.0 Å². The SMILES string of the molecule is COc1c(C(C)(C)C)cc2c(c1-c1cc(C(C)(C)C)cc(C(C)(C)C)c1)C=C(C)[CH]2[Zr]([Cl])([Cl])([CH]1C(C)=Cc2c1cc1c(c2-c2cc(C)cc(C)c2)CCC1c1cc(C)cc(C)c1)=[Si](C)C. The van der Waals surface area contributed by atoms with Crippen LogP contribution in [0, 0.1) is 27.7 Å². The van der Waals surface area contributed by atoms with Crippen molar-refractivity contribution in [1.82, 2.24) is 0 Å². The molecule has 1 nitrogen and oxygen atoms in total. The van der Waals surface area contributed by atoms with Crippen LogP contribution < -0.4 is 4.74 Å². The Labute approximate surface area is 401 Å². The maximum absolute atomic E-state index is 9.10. The van der Waals surface area contributed by atoms with Gasteiger partial charge in [0.25, 0.3) is 0 Å². The molecule has 5 aromatic carbocycles. The van der Waals surface area contributed by atoms with E-state index >= 15 is 0 Å². The Morgan fingerprint density at radius 1 is 0.554 bits per heavy atom. The second-order valence-corrected chi connectivity index (χ2v) is 62.7. The first kappa shape index (κ1) is 48.5. The molecule has 8 rings (SSSR count). The molecule has 0 saturated heterocycles. The Morgan fingerprint density at radius 2 is 1.02 bits per heavy atom. The average molecular weight is 1000 g/mol. The molecule has 0 saturated carbocycles. The molecule has 0 amide bonds. The van der Waals surface area contributed by atoms with E-state index in [1.165, 1.54) is 111 Å². The van der Waals surface area contributed by atoms with Crippen LogP contribution >= 0.6 is 17.0 Å². The molecule has 5 heteroatoms. The van der Waals surface area contributed by atoms with Crippen molar-refractivity contribution in [2.75, 3.05) is 7.11 Å². The molecule has 0 bridgehead atoms. The summed E-state index contributed by atoms with van der Waals surface area (Å²) in [6.07, 6.45) is 7.13. The molecule has 65 heavy (non-hydrogen) atoms. The summed E-state index contributed by atoms with van der Waals surface area (Å²) in [5.74, 6) is 1.28. The van der Waals surface area contributed by atoms with Gasteiger partial charge in [-0.1, -0.05) is 0 Å². The molecule has 3 aliphatic rings. The predicted molar refractivity (Wildman–Crippen MR) is 284 cm³/mol. The van der Waals surface area contributed by atoms with E-state index in [4.69, 9.17) is 21.8 Å². The van der Waals surface area contributed by atoms with Crippen molar-refractivity contribution in [1.29, 1.82) is 0 Å². The van der Waals surface area contributed by atoms with Crippen molar-refractivity contribution in [2.45, 2.75) is 159 Å². The summed E-state index contributed by atoms with van der Waals surface area (Å²) in [4.78, 5) is 0. The van der Waals surface area contributed by atoms with Gasteiger partial charge in [0.2, 0.25) is 0 Å². The standard InChI is InChI=1S/C29H39O.C29H29.C2H6Si.2ClH.Zr/c1-18-12-19-16-24(29(8,9)10)26(30-11)25(23(19)13-18)20-14-21(27(2,3)4)17-22(15-20)28(5,6)7;1-17-8-18(2)11-22(10-17)25-6-7-26-28(25)16-23-12-21(5)15-27(23)29(26)24-13-19(3)9-20(4)14-24;1-3-2;;;/h12-17H,1-11H3;8-16,25H,6-7H2,1-5H3;1-2H3;2*1H;/q;;;;;+2/p-2. The zero-order valence-electron chi connectivity index (χ0n) is 42.8. The number of halogens is 2. The van der Waals surface area contributed by atoms with E-state index in [0.717, 1.165) is 18.6 Å². The fraction of sp³-hybridized carbons (Fsp3) is 0.433. The minimum atomic E-state index is -5.22. The fourth-order valence-electron chi connectivity index (χ4n) is 12.3. The Morgan fingerprint density at radius 3 is 1.48 bits per heavy atom. The number of rotatable bonds is 6. The molecule has 342 valence electrons.